The lowest BCUT2D eigenvalue weighted by atomic mass is 9.86. The number of nitrogens with one attached hydrogen (secondary N) is 2. The van der Waals surface area contributed by atoms with Crippen molar-refractivity contribution in [2.24, 2.45) is 11.1 Å². The number of aryl methyl sites for hydroxylation is 1. The first-order valence-electron chi connectivity index (χ1n) is 19.2. The highest BCUT2D eigenvalue weighted by molar-refractivity contribution is 7.92. The molecule has 2 saturated heterocycles. The Morgan fingerprint density at radius 1 is 1.06 bits per heavy atom. The highest BCUT2D eigenvalue weighted by Gasteiger charge is 2.53. The minimum atomic E-state index is -3.56. The van der Waals surface area contributed by atoms with E-state index in [4.69, 9.17) is 22.1 Å². The van der Waals surface area contributed by atoms with Gasteiger partial charge in [-0.2, -0.15) is 4.98 Å². The zero-order chi connectivity index (χ0) is 37.9. The standard InChI is InChI=1S/C40H56ClN7O4S/c1-26(2)52-34-22-30(29-14-19-48(20-15-29)37(49)13-7-6-10-18-47-24-36(42)40(25-47)16-17-40)28(5)21-33(34)45-39-43-23-31(41)38(46-39)44-32-11-8-9-12-35(32)53(50,51)27(3)4/h8-9,11-12,21-23,26-27,29,36H,6-7,10,13-20,24-25,42H2,1-5H3,(H2,43,44,45,46)/t36-/m0/s1. The number of piperidine rings is 1. The van der Waals surface area contributed by atoms with Gasteiger partial charge in [-0.3, -0.25) is 4.79 Å². The number of carbonyl (C=O) groups is 1. The number of nitrogens with two attached hydrogens (primary N) is 1. The fourth-order valence-corrected chi connectivity index (χ4v) is 9.11. The Kier molecular flexibility index (Phi) is 12.2. The molecule has 1 aliphatic carbocycles. The number of amides is 1. The third kappa shape index (κ3) is 9.27. The second-order valence-electron chi connectivity index (χ2n) is 15.8. The number of anilines is 4. The molecule has 6 rings (SSSR count). The average Bonchev–Trinajstić information content (AvgIpc) is 3.84. The highest BCUT2D eigenvalue weighted by Crippen LogP contribution is 2.52. The van der Waals surface area contributed by atoms with Crippen molar-refractivity contribution in [3.8, 4) is 5.75 Å². The van der Waals surface area contributed by atoms with Gasteiger partial charge in [-0.15, -0.1) is 0 Å². The first-order valence-corrected chi connectivity index (χ1v) is 21.1. The van der Waals surface area contributed by atoms with Crippen LogP contribution in [0, 0.1) is 12.3 Å². The first kappa shape index (κ1) is 39.2. The predicted octanol–water partition coefficient (Wildman–Crippen LogP) is 7.58. The third-order valence-electron chi connectivity index (χ3n) is 11.1. The minimum Gasteiger partial charge on any atom is -0.489 e. The Bertz CT molecular complexity index is 1880. The molecule has 11 nitrogen and oxygen atoms in total. The topological polar surface area (TPSA) is 143 Å². The van der Waals surface area contributed by atoms with Crippen molar-refractivity contribution in [2.45, 2.75) is 114 Å². The van der Waals surface area contributed by atoms with Gasteiger partial charge in [0.2, 0.25) is 11.9 Å². The molecule has 0 unspecified atom stereocenters. The lowest BCUT2D eigenvalue weighted by Gasteiger charge is -2.33. The summed E-state index contributed by atoms with van der Waals surface area (Å²) in [7, 11) is -3.56. The third-order valence-corrected chi connectivity index (χ3v) is 13.6. The molecule has 4 N–H and O–H groups in total. The summed E-state index contributed by atoms with van der Waals surface area (Å²) < 4.78 is 32.4. The summed E-state index contributed by atoms with van der Waals surface area (Å²) in [5, 5.41) is 6.08. The van der Waals surface area contributed by atoms with Crippen molar-refractivity contribution >= 4 is 50.5 Å². The molecule has 2 aromatic carbocycles. The van der Waals surface area contributed by atoms with Crippen LogP contribution < -0.4 is 21.1 Å². The van der Waals surface area contributed by atoms with Crippen molar-refractivity contribution in [2.75, 3.05) is 43.4 Å². The fraction of sp³-hybridized carbons (Fsp3) is 0.575. The molecule has 1 atom stereocenters. The van der Waals surface area contributed by atoms with Gasteiger partial charge in [-0.1, -0.05) is 30.2 Å². The van der Waals surface area contributed by atoms with Gasteiger partial charge in [-0.05, 0) is 126 Å². The van der Waals surface area contributed by atoms with Gasteiger partial charge in [0.15, 0.2) is 15.7 Å². The van der Waals surface area contributed by atoms with Gasteiger partial charge in [0, 0.05) is 38.6 Å². The van der Waals surface area contributed by atoms with Crippen molar-refractivity contribution in [3.05, 3.63) is 58.7 Å². The molecule has 0 bridgehead atoms. The maximum atomic E-state index is 13.1. The second-order valence-corrected chi connectivity index (χ2v) is 18.7. The van der Waals surface area contributed by atoms with Crippen LogP contribution >= 0.6 is 11.6 Å². The Balaban J connectivity index is 1.06. The largest absolute Gasteiger partial charge is 0.489 e. The van der Waals surface area contributed by atoms with E-state index in [0.29, 0.717) is 40.9 Å². The number of rotatable bonds is 15. The number of hydrogen-bond acceptors (Lipinski definition) is 10. The molecular weight excluding hydrogens is 710 g/mol. The number of likely N-dealkylation sites (tertiary alicyclic amines) is 2. The van der Waals surface area contributed by atoms with Crippen molar-refractivity contribution in [1.82, 2.24) is 19.8 Å². The van der Waals surface area contributed by atoms with Crippen LogP contribution in [0.1, 0.15) is 96.1 Å². The summed E-state index contributed by atoms with van der Waals surface area (Å²) in [6.45, 7) is 14.2. The molecule has 3 aromatic rings. The molecule has 0 radical (unpaired) electrons. The summed E-state index contributed by atoms with van der Waals surface area (Å²) in [6.07, 6.45) is 9.56. The number of hydrogen-bond donors (Lipinski definition) is 3. The zero-order valence-electron chi connectivity index (χ0n) is 31.8. The Morgan fingerprint density at radius 3 is 2.47 bits per heavy atom. The maximum absolute atomic E-state index is 13.1. The molecule has 3 aliphatic rings. The Hall–Kier alpha value is -3.45. The molecule has 1 spiro atoms. The van der Waals surface area contributed by atoms with Crippen LogP contribution in [0.5, 0.6) is 5.75 Å². The number of para-hydroxylation sites is 1. The molecule has 13 heteroatoms. The molecule has 53 heavy (non-hydrogen) atoms. The van der Waals surface area contributed by atoms with Gasteiger partial charge in [0.25, 0.3) is 0 Å². The summed E-state index contributed by atoms with van der Waals surface area (Å²) >= 11 is 6.49. The fourth-order valence-electron chi connectivity index (χ4n) is 7.77. The molecule has 3 heterocycles. The number of nitrogens with zero attached hydrogens (tertiary/aromatic N) is 4. The van der Waals surface area contributed by atoms with Crippen LogP contribution in [0.3, 0.4) is 0 Å². The van der Waals surface area contributed by atoms with E-state index in [1.165, 1.54) is 24.6 Å². The molecule has 1 amide bonds. The van der Waals surface area contributed by atoms with E-state index in [-0.39, 0.29) is 33.7 Å². The lowest BCUT2D eigenvalue weighted by Crippen LogP contribution is -2.37. The second kappa shape index (κ2) is 16.5. The van der Waals surface area contributed by atoms with Crippen molar-refractivity contribution in [1.29, 1.82) is 0 Å². The van der Waals surface area contributed by atoms with Crippen LogP contribution in [0.25, 0.3) is 0 Å². The van der Waals surface area contributed by atoms with Crippen LogP contribution in [0.2, 0.25) is 5.02 Å². The molecular formula is C40H56ClN7O4S. The summed E-state index contributed by atoms with van der Waals surface area (Å²) in [5.41, 5.74) is 10.2. The molecule has 2 aliphatic heterocycles. The monoisotopic (exact) mass is 765 g/mol. The first-order chi connectivity index (χ1) is 25.3. The number of unbranched alkanes of at least 4 members (excludes halogenated alkanes) is 2. The van der Waals surface area contributed by atoms with E-state index in [1.54, 1.807) is 38.1 Å². The van der Waals surface area contributed by atoms with Gasteiger partial charge in [0.05, 0.1) is 33.8 Å². The van der Waals surface area contributed by atoms with E-state index < -0.39 is 15.1 Å². The van der Waals surface area contributed by atoms with Crippen molar-refractivity contribution in [3.63, 3.8) is 0 Å². The zero-order valence-corrected chi connectivity index (χ0v) is 33.4. The SMILES string of the molecule is Cc1cc(Nc2ncc(Cl)c(Nc3ccccc3S(=O)(=O)C(C)C)n2)c(OC(C)C)cc1C1CCN(C(=O)CCCCCN2C[C@H](N)C3(CC3)C2)CC1. The average molecular weight is 766 g/mol. The number of halogens is 1. The van der Waals surface area contributed by atoms with Crippen LogP contribution in [0.15, 0.2) is 47.5 Å². The van der Waals surface area contributed by atoms with Crippen LogP contribution in [0.4, 0.5) is 23.1 Å². The summed E-state index contributed by atoms with van der Waals surface area (Å²) in [4.78, 5) is 26.9. The highest BCUT2D eigenvalue weighted by atomic mass is 35.5. The van der Waals surface area contributed by atoms with E-state index in [1.807, 2.05) is 18.7 Å². The maximum Gasteiger partial charge on any atom is 0.229 e. The normalized spacial score (nSPS) is 19.0. The Labute approximate surface area is 320 Å². The molecule has 288 valence electrons. The lowest BCUT2D eigenvalue weighted by molar-refractivity contribution is -0.132. The number of ether oxygens (including phenoxy) is 1. The van der Waals surface area contributed by atoms with Crippen LogP contribution in [-0.4, -0.2) is 84.2 Å². The number of aromatic nitrogens is 2. The smallest absolute Gasteiger partial charge is 0.229 e. The van der Waals surface area contributed by atoms with Crippen molar-refractivity contribution < 1.29 is 17.9 Å². The number of benzene rings is 2. The summed E-state index contributed by atoms with van der Waals surface area (Å²) in [5.74, 6) is 1.82. The number of sulfone groups is 1. The van der Waals surface area contributed by atoms with E-state index in [9.17, 15) is 13.2 Å². The van der Waals surface area contributed by atoms with E-state index in [0.717, 1.165) is 70.4 Å². The Morgan fingerprint density at radius 2 is 1.79 bits per heavy atom. The van der Waals surface area contributed by atoms with Gasteiger partial charge < -0.3 is 30.9 Å². The predicted molar refractivity (Wildman–Crippen MR) is 212 cm³/mol. The summed E-state index contributed by atoms with van der Waals surface area (Å²) in [6, 6.07) is 11.2. The molecule has 3 fully saturated rings. The minimum absolute atomic E-state index is 0.0730. The molecule has 1 saturated carbocycles. The van der Waals surface area contributed by atoms with Gasteiger partial charge in [-0.25, -0.2) is 13.4 Å². The van der Waals surface area contributed by atoms with Gasteiger partial charge in [0.1, 0.15) is 10.8 Å². The number of carbonyl (C=O) groups excluding carboxylic acids is 1. The quantitative estimate of drug-likeness (QED) is 0.133. The van der Waals surface area contributed by atoms with E-state index >= 15 is 0 Å². The van der Waals surface area contributed by atoms with Gasteiger partial charge >= 0.3 is 0 Å². The van der Waals surface area contributed by atoms with Crippen LogP contribution in [-0.2, 0) is 14.6 Å². The molecule has 1 aromatic heterocycles. The van der Waals surface area contributed by atoms with E-state index in [2.05, 4.69) is 44.6 Å².